The molecule has 4 nitrogen and oxygen atoms in total. The standard InChI is InChI=1S/C25H23BrO4/c1-3-28-24-12-17(27-2)6-8-19(24)22-13-20(18-7-5-16(26)11-21(18)22)15-4-9-23-25(10-15)30-14-29-23/h4-12,20,22H,3,13-14H2,1-2H3. The molecule has 0 amide bonds. The first-order chi connectivity index (χ1) is 14.7. The first kappa shape index (κ1) is 19.3. The van der Waals surface area contributed by atoms with Crippen LogP contribution in [-0.4, -0.2) is 20.5 Å². The lowest BCUT2D eigenvalue weighted by molar-refractivity contribution is 0.174. The Morgan fingerprint density at radius 1 is 0.900 bits per heavy atom. The molecule has 2 atom stereocenters. The lowest BCUT2D eigenvalue weighted by Crippen LogP contribution is -2.03. The van der Waals surface area contributed by atoms with Gasteiger partial charge in [0.1, 0.15) is 11.5 Å². The van der Waals surface area contributed by atoms with Gasteiger partial charge in [-0.2, -0.15) is 0 Å². The summed E-state index contributed by atoms with van der Waals surface area (Å²) in [4.78, 5) is 0. The molecule has 0 N–H and O–H groups in total. The van der Waals surface area contributed by atoms with Gasteiger partial charge in [-0.3, -0.25) is 0 Å². The molecule has 0 saturated heterocycles. The highest BCUT2D eigenvalue weighted by Crippen LogP contribution is 2.52. The fraction of sp³-hybridized carbons (Fsp3) is 0.280. The molecule has 30 heavy (non-hydrogen) atoms. The van der Waals surface area contributed by atoms with E-state index in [1.165, 1.54) is 22.3 Å². The maximum absolute atomic E-state index is 6.01. The van der Waals surface area contributed by atoms with Crippen molar-refractivity contribution in [2.75, 3.05) is 20.5 Å². The van der Waals surface area contributed by atoms with Crippen LogP contribution in [0.3, 0.4) is 0 Å². The first-order valence-corrected chi connectivity index (χ1v) is 11.0. The van der Waals surface area contributed by atoms with Crippen molar-refractivity contribution in [1.82, 2.24) is 0 Å². The quantitative estimate of drug-likeness (QED) is 0.445. The Kier molecular flexibility index (Phi) is 5.07. The second-order valence-corrected chi connectivity index (χ2v) is 8.48. The van der Waals surface area contributed by atoms with Gasteiger partial charge in [0.05, 0.1) is 13.7 Å². The molecule has 154 valence electrons. The van der Waals surface area contributed by atoms with Gasteiger partial charge in [0, 0.05) is 27.9 Å². The molecule has 1 heterocycles. The van der Waals surface area contributed by atoms with Crippen molar-refractivity contribution in [2.24, 2.45) is 0 Å². The molecule has 0 saturated carbocycles. The van der Waals surface area contributed by atoms with E-state index in [1.54, 1.807) is 7.11 Å². The number of ether oxygens (including phenoxy) is 4. The van der Waals surface area contributed by atoms with Crippen LogP contribution in [0.25, 0.3) is 0 Å². The monoisotopic (exact) mass is 466 g/mol. The Bertz CT molecular complexity index is 1090. The fourth-order valence-corrected chi connectivity index (χ4v) is 4.98. The van der Waals surface area contributed by atoms with Crippen LogP contribution in [0.15, 0.2) is 59.1 Å². The molecular formula is C25H23BrO4. The van der Waals surface area contributed by atoms with Gasteiger partial charge in [0.25, 0.3) is 0 Å². The largest absolute Gasteiger partial charge is 0.497 e. The predicted molar refractivity (Wildman–Crippen MR) is 119 cm³/mol. The molecule has 3 aromatic carbocycles. The van der Waals surface area contributed by atoms with E-state index in [-0.39, 0.29) is 11.8 Å². The van der Waals surface area contributed by atoms with Crippen LogP contribution in [0.4, 0.5) is 0 Å². The summed E-state index contributed by atoms with van der Waals surface area (Å²) >= 11 is 3.67. The van der Waals surface area contributed by atoms with Gasteiger partial charge in [-0.15, -0.1) is 0 Å². The second kappa shape index (κ2) is 7.88. The molecule has 1 aliphatic carbocycles. The molecule has 0 bridgehead atoms. The van der Waals surface area contributed by atoms with Gasteiger partial charge in [0.2, 0.25) is 6.79 Å². The van der Waals surface area contributed by atoms with Crippen molar-refractivity contribution in [3.05, 3.63) is 81.3 Å². The Balaban J connectivity index is 1.59. The molecule has 0 fully saturated rings. The van der Waals surface area contributed by atoms with Crippen molar-refractivity contribution >= 4 is 15.9 Å². The molecule has 5 rings (SSSR count). The summed E-state index contributed by atoms with van der Waals surface area (Å²) in [6.07, 6.45) is 0.970. The summed E-state index contributed by atoms with van der Waals surface area (Å²) in [6, 6.07) is 19.0. The number of hydrogen-bond acceptors (Lipinski definition) is 4. The maximum Gasteiger partial charge on any atom is 0.231 e. The minimum Gasteiger partial charge on any atom is -0.497 e. The van der Waals surface area contributed by atoms with Gasteiger partial charge in [0.15, 0.2) is 11.5 Å². The summed E-state index contributed by atoms with van der Waals surface area (Å²) in [7, 11) is 1.68. The zero-order chi connectivity index (χ0) is 20.7. The third kappa shape index (κ3) is 3.31. The van der Waals surface area contributed by atoms with Crippen LogP contribution in [0.2, 0.25) is 0 Å². The Morgan fingerprint density at radius 3 is 2.57 bits per heavy atom. The number of benzene rings is 3. The first-order valence-electron chi connectivity index (χ1n) is 10.2. The molecule has 2 unspecified atom stereocenters. The average molecular weight is 467 g/mol. The molecular weight excluding hydrogens is 444 g/mol. The Morgan fingerprint density at radius 2 is 1.73 bits per heavy atom. The lowest BCUT2D eigenvalue weighted by atomic mass is 9.90. The van der Waals surface area contributed by atoms with Crippen LogP contribution in [0.5, 0.6) is 23.0 Å². The third-order valence-electron chi connectivity index (χ3n) is 5.97. The van der Waals surface area contributed by atoms with Crippen LogP contribution < -0.4 is 18.9 Å². The van der Waals surface area contributed by atoms with E-state index in [0.717, 1.165) is 33.9 Å². The number of rotatable bonds is 5. The Hall–Kier alpha value is -2.66. The summed E-state index contributed by atoms with van der Waals surface area (Å²) in [6.45, 7) is 2.92. The van der Waals surface area contributed by atoms with Crippen LogP contribution in [0.1, 0.15) is 47.4 Å². The molecule has 0 aromatic heterocycles. The average Bonchev–Trinajstić information content (AvgIpc) is 3.37. The molecule has 5 heteroatoms. The van der Waals surface area contributed by atoms with Gasteiger partial charge in [-0.1, -0.05) is 34.1 Å². The molecule has 0 radical (unpaired) electrons. The Labute approximate surface area is 184 Å². The fourth-order valence-electron chi connectivity index (χ4n) is 4.60. The van der Waals surface area contributed by atoms with Gasteiger partial charge in [-0.05, 0) is 60.4 Å². The molecule has 2 aliphatic rings. The molecule has 0 spiro atoms. The van der Waals surface area contributed by atoms with Crippen LogP contribution in [0, 0.1) is 0 Å². The van der Waals surface area contributed by atoms with E-state index < -0.39 is 0 Å². The predicted octanol–water partition coefficient (Wildman–Crippen LogP) is 6.25. The smallest absolute Gasteiger partial charge is 0.231 e. The van der Waals surface area contributed by atoms with E-state index in [1.807, 2.05) is 25.1 Å². The topological polar surface area (TPSA) is 36.9 Å². The zero-order valence-corrected chi connectivity index (χ0v) is 18.6. The number of methoxy groups -OCH3 is 1. The van der Waals surface area contributed by atoms with Crippen molar-refractivity contribution in [3.63, 3.8) is 0 Å². The van der Waals surface area contributed by atoms with E-state index in [4.69, 9.17) is 18.9 Å². The SMILES string of the molecule is CCOc1cc(OC)ccc1C1CC(c2ccc3c(c2)OCO3)c2ccc(Br)cc21. The van der Waals surface area contributed by atoms with Crippen molar-refractivity contribution in [3.8, 4) is 23.0 Å². The third-order valence-corrected chi connectivity index (χ3v) is 6.46. The van der Waals surface area contributed by atoms with Crippen LogP contribution in [-0.2, 0) is 0 Å². The number of hydrogen-bond donors (Lipinski definition) is 0. The highest BCUT2D eigenvalue weighted by atomic mass is 79.9. The van der Waals surface area contributed by atoms with Crippen molar-refractivity contribution in [2.45, 2.75) is 25.2 Å². The van der Waals surface area contributed by atoms with Gasteiger partial charge < -0.3 is 18.9 Å². The summed E-state index contributed by atoms with van der Waals surface area (Å²) in [5, 5.41) is 0. The zero-order valence-electron chi connectivity index (χ0n) is 17.0. The molecule has 1 aliphatic heterocycles. The summed E-state index contributed by atoms with van der Waals surface area (Å²) in [5.74, 6) is 3.86. The molecule has 3 aromatic rings. The summed E-state index contributed by atoms with van der Waals surface area (Å²) in [5.41, 5.74) is 5.12. The maximum atomic E-state index is 6.01. The van der Waals surface area contributed by atoms with Crippen molar-refractivity contribution in [1.29, 1.82) is 0 Å². The summed E-state index contributed by atoms with van der Waals surface area (Å²) < 4.78 is 23.7. The minimum atomic E-state index is 0.236. The second-order valence-electron chi connectivity index (χ2n) is 7.56. The number of halogens is 1. The van der Waals surface area contributed by atoms with Gasteiger partial charge in [-0.25, -0.2) is 0 Å². The highest BCUT2D eigenvalue weighted by molar-refractivity contribution is 9.10. The van der Waals surface area contributed by atoms with E-state index in [2.05, 4.69) is 52.3 Å². The van der Waals surface area contributed by atoms with E-state index in [0.29, 0.717) is 13.4 Å². The lowest BCUT2D eigenvalue weighted by Gasteiger charge is -2.18. The van der Waals surface area contributed by atoms with Crippen LogP contribution >= 0.6 is 15.9 Å². The number of fused-ring (bicyclic) bond motifs is 2. The highest BCUT2D eigenvalue weighted by Gasteiger charge is 2.35. The minimum absolute atomic E-state index is 0.236. The van der Waals surface area contributed by atoms with Gasteiger partial charge >= 0.3 is 0 Å². The van der Waals surface area contributed by atoms with E-state index >= 15 is 0 Å². The van der Waals surface area contributed by atoms with Crippen molar-refractivity contribution < 1.29 is 18.9 Å². The normalized spacial score (nSPS) is 18.9. The van der Waals surface area contributed by atoms with E-state index in [9.17, 15) is 0 Å².